The Kier molecular flexibility index (Phi) is 4.70. The van der Waals surface area contributed by atoms with E-state index in [1.807, 2.05) is 18.8 Å². The number of likely N-dealkylation sites (N-methyl/N-ethyl adjacent to an activating group) is 1. The van der Waals surface area contributed by atoms with E-state index < -0.39 is 5.60 Å². The molecule has 1 aliphatic carbocycles. The van der Waals surface area contributed by atoms with Crippen LogP contribution in [0.4, 0.5) is 0 Å². The van der Waals surface area contributed by atoms with Gasteiger partial charge < -0.3 is 14.7 Å². The van der Waals surface area contributed by atoms with E-state index in [4.69, 9.17) is 4.74 Å². The van der Waals surface area contributed by atoms with Gasteiger partial charge in [-0.05, 0) is 39.3 Å². The maximum atomic E-state index is 11.1. The maximum Gasteiger partial charge on any atom is 0.162 e. The van der Waals surface area contributed by atoms with Crippen LogP contribution in [0.1, 0.15) is 38.3 Å². The summed E-state index contributed by atoms with van der Waals surface area (Å²) in [7, 11) is 5.72. The third-order valence-electron chi connectivity index (χ3n) is 4.40. The summed E-state index contributed by atoms with van der Waals surface area (Å²) in [6, 6.07) is 0. The molecule has 2 rings (SSSR count). The highest BCUT2D eigenvalue weighted by Gasteiger charge is 2.42. The summed E-state index contributed by atoms with van der Waals surface area (Å²) in [4.78, 5) is 2.12. The van der Waals surface area contributed by atoms with Gasteiger partial charge in [0.25, 0.3) is 0 Å². The Morgan fingerprint density at radius 2 is 2.30 bits per heavy atom. The number of hydrogen-bond donors (Lipinski definition) is 1. The van der Waals surface area contributed by atoms with Gasteiger partial charge in [-0.25, -0.2) is 0 Å². The lowest BCUT2D eigenvalue weighted by molar-refractivity contribution is 0.0276. The molecule has 1 aliphatic rings. The molecule has 1 fully saturated rings. The average Bonchev–Trinajstić information content (AvgIpc) is 3.00. The molecule has 2 unspecified atom stereocenters. The van der Waals surface area contributed by atoms with Crippen LogP contribution in [-0.4, -0.2) is 47.5 Å². The minimum atomic E-state index is -0.783. The van der Waals surface area contributed by atoms with Crippen molar-refractivity contribution < 1.29 is 9.84 Å². The number of hydrogen-bond acceptors (Lipinski definition) is 4. The van der Waals surface area contributed by atoms with Crippen LogP contribution in [0.3, 0.4) is 0 Å². The summed E-state index contributed by atoms with van der Waals surface area (Å²) in [6.07, 6.45) is 5.54. The van der Waals surface area contributed by atoms with Crippen molar-refractivity contribution in [1.82, 2.24) is 14.7 Å². The van der Waals surface area contributed by atoms with Gasteiger partial charge >= 0.3 is 0 Å². The van der Waals surface area contributed by atoms with E-state index in [2.05, 4.69) is 16.9 Å². The summed E-state index contributed by atoms with van der Waals surface area (Å²) in [5.41, 5.74) is 0.0762. The number of aliphatic hydroxyl groups is 1. The van der Waals surface area contributed by atoms with E-state index >= 15 is 0 Å². The van der Waals surface area contributed by atoms with E-state index in [9.17, 15) is 5.11 Å². The second-order valence-corrected chi connectivity index (χ2v) is 6.14. The summed E-state index contributed by atoms with van der Waals surface area (Å²) in [6.45, 7) is 3.85. The minimum Gasteiger partial charge on any atom is -0.493 e. The second kappa shape index (κ2) is 6.14. The lowest BCUT2D eigenvalue weighted by Crippen LogP contribution is -2.29. The first-order chi connectivity index (χ1) is 9.50. The lowest BCUT2D eigenvalue weighted by Gasteiger charge is -2.25. The average molecular weight is 281 g/mol. The molecule has 2 atom stereocenters. The van der Waals surface area contributed by atoms with E-state index in [0.717, 1.165) is 44.5 Å². The van der Waals surface area contributed by atoms with E-state index in [1.165, 1.54) is 0 Å². The molecule has 1 aromatic rings. The third-order valence-corrected chi connectivity index (χ3v) is 4.40. The quantitative estimate of drug-likeness (QED) is 0.864. The summed E-state index contributed by atoms with van der Waals surface area (Å²) >= 11 is 0. The van der Waals surface area contributed by atoms with Crippen molar-refractivity contribution in [3.63, 3.8) is 0 Å². The van der Waals surface area contributed by atoms with Crippen LogP contribution in [-0.2, 0) is 12.1 Å². The van der Waals surface area contributed by atoms with Crippen molar-refractivity contribution in [3.05, 3.63) is 11.9 Å². The van der Waals surface area contributed by atoms with Gasteiger partial charge in [-0.2, -0.15) is 5.10 Å². The van der Waals surface area contributed by atoms with Crippen molar-refractivity contribution in [2.24, 2.45) is 5.92 Å². The summed E-state index contributed by atoms with van der Waals surface area (Å²) in [5.74, 6) is 1.31. The highest BCUT2D eigenvalue weighted by Crippen LogP contribution is 2.46. The standard InChI is InChI=1S/C15H27N3O2/c1-5-12-6-7-15(19,10-12)14-13(20-4)11-16-18(14)9-8-17(2)3/h11-12,19H,5-10H2,1-4H3. The van der Waals surface area contributed by atoms with Gasteiger partial charge in [-0.3, -0.25) is 4.68 Å². The Hall–Kier alpha value is -1.07. The smallest absolute Gasteiger partial charge is 0.162 e. The predicted octanol–water partition coefficient (Wildman–Crippen LogP) is 1.85. The Morgan fingerprint density at radius 1 is 1.55 bits per heavy atom. The zero-order valence-electron chi connectivity index (χ0n) is 13.1. The van der Waals surface area contributed by atoms with Gasteiger partial charge in [0.15, 0.2) is 5.75 Å². The van der Waals surface area contributed by atoms with Gasteiger partial charge in [0.05, 0.1) is 19.9 Å². The molecular weight excluding hydrogens is 254 g/mol. The Morgan fingerprint density at radius 3 is 2.85 bits per heavy atom. The van der Waals surface area contributed by atoms with Crippen LogP contribution in [0.2, 0.25) is 0 Å². The molecule has 0 amide bonds. The molecule has 114 valence electrons. The van der Waals surface area contributed by atoms with Gasteiger partial charge in [0.1, 0.15) is 11.3 Å². The molecule has 0 bridgehead atoms. The molecule has 0 spiro atoms. The van der Waals surface area contributed by atoms with Crippen molar-refractivity contribution in [3.8, 4) is 5.75 Å². The molecule has 0 aromatic carbocycles. The lowest BCUT2D eigenvalue weighted by atomic mass is 9.94. The fourth-order valence-electron chi connectivity index (χ4n) is 3.14. The predicted molar refractivity (Wildman–Crippen MR) is 78.9 cm³/mol. The topological polar surface area (TPSA) is 50.5 Å². The van der Waals surface area contributed by atoms with Crippen LogP contribution < -0.4 is 4.74 Å². The van der Waals surface area contributed by atoms with Crippen molar-refractivity contribution in [2.45, 2.75) is 44.8 Å². The second-order valence-electron chi connectivity index (χ2n) is 6.14. The number of nitrogens with zero attached hydrogens (tertiary/aromatic N) is 3. The number of rotatable bonds is 6. The molecule has 1 N–H and O–H groups in total. The SMILES string of the molecule is CCC1CCC(O)(c2c(OC)cnn2CCN(C)C)C1. The summed E-state index contributed by atoms with van der Waals surface area (Å²) in [5, 5.41) is 15.5. The molecule has 1 aromatic heterocycles. The number of aromatic nitrogens is 2. The van der Waals surface area contributed by atoms with Crippen molar-refractivity contribution in [1.29, 1.82) is 0 Å². The Bertz CT molecular complexity index is 444. The highest BCUT2D eigenvalue weighted by molar-refractivity contribution is 5.32. The van der Waals surface area contributed by atoms with Gasteiger partial charge in [-0.1, -0.05) is 13.3 Å². The van der Waals surface area contributed by atoms with Crippen LogP contribution >= 0.6 is 0 Å². The third kappa shape index (κ3) is 2.99. The number of methoxy groups -OCH3 is 1. The van der Waals surface area contributed by atoms with Crippen LogP contribution in [0.5, 0.6) is 5.75 Å². The normalized spacial score (nSPS) is 26.4. The molecule has 1 saturated carbocycles. The molecule has 5 heteroatoms. The zero-order valence-corrected chi connectivity index (χ0v) is 13.1. The van der Waals surface area contributed by atoms with E-state index in [1.54, 1.807) is 13.3 Å². The van der Waals surface area contributed by atoms with Crippen LogP contribution in [0.25, 0.3) is 0 Å². The molecule has 0 aliphatic heterocycles. The molecule has 0 radical (unpaired) electrons. The largest absolute Gasteiger partial charge is 0.493 e. The fourth-order valence-corrected chi connectivity index (χ4v) is 3.14. The zero-order chi connectivity index (χ0) is 14.8. The first kappa shape index (κ1) is 15.3. The molecule has 1 heterocycles. The molecular formula is C15H27N3O2. The van der Waals surface area contributed by atoms with E-state index in [0.29, 0.717) is 11.7 Å². The molecule has 20 heavy (non-hydrogen) atoms. The van der Waals surface area contributed by atoms with Crippen LogP contribution in [0.15, 0.2) is 6.20 Å². The molecule has 0 saturated heterocycles. The van der Waals surface area contributed by atoms with Gasteiger partial charge in [0.2, 0.25) is 0 Å². The fraction of sp³-hybridized carbons (Fsp3) is 0.800. The van der Waals surface area contributed by atoms with E-state index in [-0.39, 0.29) is 0 Å². The maximum absolute atomic E-state index is 11.1. The Labute approximate surface area is 121 Å². The first-order valence-electron chi connectivity index (χ1n) is 7.47. The van der Waals surface area contributed by atoms with Gasteiger partial charge in [0, 0.05) is 6.54 Å². The highest BCUT2D eigenvalue weighted by atomic mass is 16.5. The Balaban J connectivity index is 2.26. The first-order valence-corrected chi connectivity index (χ1v) is 7.47. The minimum absolute atomic E-state index is 0.599. The number of ether oxygens (including phenoxy) is 1. The summed E-state index contributed by atoms with van der Waals surface area (Å²) < 4.78 is 7.34. The van der Waals surface area contributed by atoms with Crippen molar-refractivity contribution >= 4 is 0 Å². The van der Waals surface area contributed by atoms with Crippen molar-refractivity contribution in [2.75, 3.05) is 27.7 Å². The monoisotopic (exact) mass is 281 g/mol. The van der Waals surface area contributed by atoms with Crippen LogP contribution in [0, 0.1) is 5.92 Å². The molecule has 5 nitrogen and oxygen atoms in total. The van der Waals surface area contributed by atoms with Gasteiger partial charge in [-0.15, -0.1) is 0 Å².